The van der Waals surface area contributed by atoms with Crippen LogP contribution in [0.15, 0.2) is 46.9 Å². The predicted molar refractivity (Wildman–Crippen MR) is 92.2 cm³/mol. The van der Waals surface area contributed by atoms with Gasteiger partial charge in [0.25, 0.3) is 0 Å². The largest absolute Gasteiger partial charge is 0.463 e. The van der Waals surface area contributed by atoms with E-state index in [1.807, 2.05) is 0 Å². The highest BCUT2D eigenvalue weighted by Crippen LogP contribution is 2.29. The van der Waals surface area contributed by atoms with Gasteiger partial charge in [-0.1, -0.05) is 0 Å². The standard InChI is InChI=1S/C18H16F2O5S/c1-3-24-18(21)11(2)8-12-9-15(19)17(16(20)10-12)25-13-4-6-14(7-5-13)26(22)23/h4-10H,3H2,1-2H3,(H,22,23)/b11-8+. The van der Waals surface area contributed by atoms with Crippen LogP contribution < -0.4 is 4.74 Å². The Morgan fingerprint density at radius 3 is 2.27 bits per heavy atom. The van der Waals surface area contributed by atoms with Gasteiger partial charge in [0, 0.05) is 5.57 Å². The smallest absolute Gasteiger partial charge is 0.333 e. The fraction of sp³-hybridized carbons (Fsp3) is 0.167. The molecule has 26 heavy (non-hydrogen) atoms. The van der Waals surface area contributed by atoms with Crippen LogP contribution in [-0.2, 0) is 20.6 Å². The first-order valence-electron chi connectivity index (χ1n) is 7.55. The van der Waals surface area contributed by atoms with Crippen molar-refractivity contribution >= 4 is 23.1 Å². The number of benzene rings is 2. The average Bonchev–Trinajstić information content (AvgIpc) is 2.58. The Labute approximate surface area is 151 Å². The van der Waals surface area contributed by atoms with Crippen LogP contribution in [0.25, 0.3) is 6.08 Å². The van der Waals surface area contributed by atoms with Crippen molar-refractivity contribution in [3.63, 3.8) is 0 Å². The van der Waals surface area contributed by atoms with Crippen LogP contribution in [0.2, 0.25) is 0 Å². The highest BCUT2D eigenvalue weighted by atomic mass is 32.2. The third kappa shape index (κ3) is 4.96. The Bertz CT molecular complexity index is 839. The fourth-order valence-corrected chi connectivity index (χ4v) is 2.43. The van der Waals surface area contributed by atoms with E-state index >= 15 is 0 Å². The molecule has 1 unspecified atom stereocenters. The summed E-state index contributed by atoms with van der Waals surface area (Å²) >= 11 is -2.15. The van der Waals surface area contributed by atoms with E-state index in [-0.39, 0.29) is 28.4 Å². The molecule has 0 bridgehead atoms. The Kier molecular flexibility index (Phi) is 6.59. The molecular formula is C18H16F2O5S. The van der Waals surface area contributed by atoms with E-state index in [1.165, 1.54) is 37.3 Å². The number of ether oxygens (including phenoxy) is 2. The van der Waals surface area contributed by atoms with E-state index in [0.717, 1.165) is 12.1 Å². The summed E-state index contributed by atoms with van der Waals surface area (Å²) in [5.41, 5.74) is 0.343. The van der Waals surface area contributed by atoms with E-state index in [0.29, 0.717) is 0 Å². The molecule has 0 amide bonds. The molecule has 5 nitrogen and oxygen atoms in total. The van der Waals surface area contributed by atoms with Gasteiger partial charge < -0.3 is 14.0 Å². The highest BCUT2D eigenvalue weighted by Gasteiger charge is 2.14. The van der Waals surface area contributed by atoms with Gasteiger partial charge in [-0.05, 0) is 61.9 Å². The van der Waals surface area contributed by atoms with E-state index in [9.17, 15) is 17.8 Å². The molecular weight excluding hydrogens is 366 g/mol. The molecule has 0 aliphatic heterocycles. The second-order valence-electron chi connectivity index (χ2n) is 5.18. The molecule has 0 spiro atoms. The topological polar surface area (TPSA) is 72.8 Å². The first kappa shape index (κ1) is 19.7. The minimum atomic E-state index is -2.15. The Balaban J connectivity index is 2.25. The van der Waals surface area contributed by atoms with Crippen LogP contribution in [0, 0.1) is 11.6 Å². The molecule has 0 saturated carbocycles. The van der Waals surface area contributed by atoms with Crippen molar-refractivity contribution in [2.45, 2.75) is 18.7 Å². The number of hydrogen-bond donors (Lipinski definition) is 1. The number of hydrogen-bond acceptors (Lipinski definition) is 4. The zero-order valence-corrected chi connectivity index (χ0v) is 14.8. The van der Waals surface area contributed by atoms with Gasteiger partial charge in [-0.2, -0.15) is 0 Å². The summed E-state index contributed by atoms with van der Waals surface area (Å²) in [7, 11) is 0. The van der Waals surface area contributed by atoms with Gasteiger partial charge in [0.05, 0.1) is 11.5 Å². The summed E-state index contributed by atoms with van der Waals surface area (Å²) in [6, 6.07) is 7.31. The van der Waals surface area contributed by atoms with Crippen molar-refractivity contribution in [2.75, 3.05) is 6.61 Å². The van der Waals surface area contributed by atoms with Gasteiger partial charge in [-0.3, -0.25) is 0 Å². The monoisotopic (exact) mass is 382 g/mol. The third-order valence-corrected chi connectivity index (χ3v) is 3.92. The number of halogens is 2. The van der Waals surface area contributed by atoms with Crippen LogP contribution in [0.5, 0.6) is 11.5 Å². The number of rotatable bonds is 6. The van der Waals surface area contributed by atoms with Crippen LogP contribution in [-0.4, -0.2) is 21.3 Å². The predicted octanol–water partition coefficient (Wildman–Crippen LogP) is 4.30. The van der Waals surface area contributed by atoms with Crippen LogP contribution in [0.4, 0.5) is 8.78 Å². The molecule has 0 fully saturated rings. The van der Waals surface area contributed by atoms with Crippen molar-refractivity contribution in [3.05, 3.63) is 59.2 Å². The molecule has 2 aromatic carbocycles. The van der Waals surface area contributed by atoms with E-state index in [2.05, 4.69) is 0 Å². The fourth-order valence-electron chi connectivity index (χ4n) is 2.06. The maximum absolute atomic E-state index is 14.2. The molecule has 0 heterocycles. The Morgan fingerprint density at radius 2 is 1.77 bits per heavy atom. The summed E-state index contributed by atoms with van der Waals surface area (Å²) in [6.07, 6.45) is 1.30. The van der Waals surface area contributed by atoms with Crippen LogP contribution >= 0.6 is 0 Å². The quantitative estimate of drug-likeness (QED) is 0.458. The van der Waals surface area contributed by atoms with E-state index < -0.39 is 34.4 Å². The average molecular weight is 382 g/mol. The van der Waals surface area contributed by atoms with Gasteiger partial charge in [0.15, 0.2) is 28.5 Å². The number of esters is 1. The lowest BCUT2D eigenvalue weighted by molar-refractivity contribution is -0.138. The SMILES string of the molecule is CCOC(=O)/C(C)=C/c1cc(F)c(Oc2ccc(S(=O)O)cc2)c(F)c1. The lowest BCUT2D eigenvalue weighted by atomic mass is 10.1. The van der Waals surface area contributed by atoms with Gasteiger partial charge in [-0.25, -0.2) is 17.8 Å². The molecule has 1 atom stereocenters. The van der Waals surface area contributed by atoms with Crippen molar-refractivity contribution in [1.29, 1.82) is 0 Å². The molecule has 0 saturated heterocycles. The van der Waals surface area contributed by atoms with E-state index in [1.54, 1.807) is 6.92 Å². The first-order valence-corrected chi connectivity index (χ1v) is 8.65. The second kappa shape index (κ2) is 8.68. The summed E-state index contributed by atoms with van der Waals surface area (Å²) in [5.74, 6) is -3.00. The van der Waals surface area contributed by atoms with Gasteiger partial charge in [-0.15, -0.1) is 0 Å². The number of carbonyl (C=O) groups is 1. The maximum Gasteiger partial charge on any atom is 0.333 e. The lowest BCUT2D eigenvalue weighted by Crippen LogP contribution is -2.05. The Hall–Kier alpha value is -2.58. The van der Waals surface area contributed by atoms with Crippen molar-refractivity contribution < 1.29 is 31.8 Å². The summed E-state index contributed by atoms with van der Waals surface area (Å²) < 4.78 is 58.2. The minimum absolute atomic E-state index is 0.1000. The molecule has 138 valence electrons. The highest BCUT2D eigenvalue weighted by molar-refractivity contribution is 7.79. The molecule has 0 radical (unpaired) electrons. The summed E-state index contributed by atoms with van der Waals surface area (Å²) in [4.78, 5) is 11.7. The zero-order valence-electron chi connectivity index (χ0n) is 14.0. The molecule has 0 aromatic heterocycles. The van der Waals surface area contributed by atoms with Crippen LogP contribution in [0.3, 0.4) is 0 Å². The van der Waals surface area contributed by atoms with E-state index in [4.69, 9.17) is 14.0 Å². The molecule has 8 heteroatoms. The van der Waals surface area contributed by atoms with Gasteiger partial charge in [0.1, 0.15) is 5.75 Å². The molecule has 1 N–H and O–H groups in total. The molecule has 0 aliphatic rings. The third-order valence-electron chi connectivity index (χ3n) is 3.25. The molecule has 2 rings (SSSR count). The zero-order chi connectivity index (χ0) is 19.3. The van der Waals surface area contributed by atoms with Crippen LogP contribution in [0.1, 0.15) is 19.4 Å². The first-order chi connectivity index (χ1) is 12.3. The minimum Gasteiger partial charge on any atom is -0.463 e. The van der Waals surface area contributed by atoms with Crippen molar-refractivity contribution in [1.82, 2.24) is 0 Å². The lowest BCUT2D eigenvalue weighted by Gasteiger charge is -2.09. The number of carbonyl (C=O) groups excluding carboxylic acids is 1. The maximum atomic E-state index is 14.2. The van der Waals surface area contributed by atoms with Crippen molar-refractivity contribution in [2.24, 2.45) is 0 Å². The van der Waals surface area contributed by atoms with Gasteiger partial charge >= 0.3 is 5.97 Å². The molecule has 0 aliphatic carbocycles. The Morgan fingerprint density at radius 1 is 1.19 bits per heavy atom. The summed E-state index contributed by atoms with van der Waals surface area (Å²) in [6.45, 7) is 3.33. The second-order valence-corrected chi connectivity index (χ2v) is 6.15. The molecule has 2 aromatic rings. The van der Waals surface area contributed by atoms with Gasteiger partial charge in [0.2, 0.25) is 0 Å². The normalized spacial score (nSPS) is 12.6. The summed E-state index contributed by atoms with van der Waals surface area (Å²) in [5, 5.41) is 0. The van der Waals surface area contributed by atoms with Crippen molar-refractivity contribution in [3.8, 4) is 11.5 Å².